The SMILES string of the molecule is N#Cc1cnc(NCCOc2ncccc2Cl)cn1. The van der Waals surface area contributed by atoms with Crippen molar-refractivity contribution in [2.24, 2.45) is 0 Å². The van der Waals surface area contributed by atoms with Crippen LogP contribution in [0.2, 0.25) is 5.02 Å². The van der Waals surface area contributed by atoms with Gasteiger partial charge >= 0.3 is 0 Å². The van der Waals surface area contributed by atoms with Crippen molar-refractivity contribution in [2.75, 3.05) is 18.5 Å². The van der Waals surface area contributed by atoms with E-state index in [0.717, 1.165) is 0 Å². The number of aromatic nitrogens is 3. The Hall–Kier alpha value is -2.39. The second-order valence-electron chi connectivity index (χ2n) is 3.46. The number of nitrogens with zero attached hydrogens (tertiary/aromatic N) is 4. The highest BCUT2D eigenvalue weighted by Crippen LogP contribution is 2.19. The minimum absolute atomic E-state index is 0.280. The molecule has 0 radical (unpaired) electrons. The predicted molar refractivity (Wildman–Crippen MR) is 70.0 cm³/mol. The second kappa shape index (κ2) is 6.52. The van der Waals surface area contributed by atoms with Crippen molar-refractivity contribution >= 4 is 17.4 Å². The summed E-state index contributed by atoms with van der Waals surface area (Å²) in [6, 6.07) is 5.35. The number of anilines is 1. The first-order valence-corrected chi connectivity index (χ1v) is 5.87. The zero-order valence-electron chi connectivity index (χ0n) is 9.88. The predicted octanol–water partition coefficient (Wildman–Crippen LogP) is 1.89. The summed E-state index contributed by atoms with van der Waals surface area (Å²) in [5.74, 6) is 0.978. The summed E-state index contributed by atoms with van der Waals surface area (Å²) in [4.78, 5) is 11.9. The first-order valence-electron chi connectivity index (χ1n) is 5.49. The summed E-state index contributed by atoms with van der Waals surface area (Å²) >= 11 is 5.89. The fourth-order valence-corrected chi connectivity index (χ4v) is 1.46. The van der Waals surface area contributed by atoms with Crippen LogP contribution in [0.5, 0.6) is 5.88 Å². The molecule has 0 aliphatic rings. The molecule has 2 heterocycles. The number of pyridine rings is 1. The number of nitrogens with one attached hydrogen (secondary N) is 1. The maximum Gasteiger partial charge on any atom is 0.232 e. The highest BCUT2D eigenvalue weighted by atomic mass is 35.5. The topological polar surface area (TPSA) is 83.7 Å². The Bertz CT molecular complexity index is 581. The van der Waals surface area contributed by atoms with Crippen LogP contribution >= 0.6 is 11.6 Å². The van der Waals surface area contributed by atoms with Crippen LogP contribution in [0.3, 0.4) is 0 Å². The molecule has 2 rings (SSSR count). The van der Waals surface area contributed by atoms with E-state index in [1.54, 1.807) is 18.3 Å². The number of rotatable bonds is 5. The average molecular weight is 276 g/mol. The van der Waals surface area contributed by atoms with Crippen LogP contribution in [0, 0.1) is 11.3 Å². The van der Waals surface area contributed by atoms with E-state index in [1.807, 2.05) is 6.07 Å². The Morgan fingerprint density at radius 1 is 1.32 bits per heavy atom. The van der Waals surface area contributed by atoms with E-state index >= 15 is 0 Å². The van der Waals surface area contributed by atoms with Gasteiger partial charge in [0.05, 0.1) is 18.9 Å². The molecular formula is C12H10ClN5O. The van der Waals surface area contributed by atoms with E-state index in [0.29, 0.717) is 29.9 Å². The van der Waals surface area contributed by atoms with Crippen LogP contribution < -0.4 is 10.1 Å². The standard InChI is InChI=1S/C12H10ClN5O/c13-10-2-1-3-16-12(10)19-5-4-15-11-8-17-9(6-14)7-18-11/h1-3,7-8H,4-5H2,(H,15,18). The van der Waals surface area contributed by atoms with Gasteiger partial charge in [0.15, 0.2) is 5.69 Å². The monoisotopic (exact) mass is 275 g/mol. The van der Waals surface area contributed by atoms with Crippen molar-refractivity contribution in [3.63, 3.8) is 0 Å². The molecule has 0 aliphatic carbocycles. The normalized spacial score (nSPS) is 9.68. The van der Waals surface area contributed by atoms with Crippen molar-refractivity contribution in [3.05, 3.63) is 41.4 Å². The third-order valence-corrected chi connectivity index (χ3v) is 2.43. The number of halogens is 1. The van der Waals surface area contributed by atoms with E-state index in [1.165, 1.54) is 12.4 Å². The minimum Gasteiger partial charge on any atom is -0.475 e. The van der Waals surface area contributed by atoms with Gasteiger partial charge in [0.1, 0.15) is 23.5 Å². The molecular weight excluding hydrogens is 266 g/mol. The molecule has 19 heavy (non-hydrogen) atoms. The molecule has 0 aromatic carbocycles. The summed E-state index contributed by atoms with van der Waals surface area (Å²) in [5.41, 5.74) is 0.280. The Morgan fingerprint density at radius 2 is 2.21 bits per heavy atom. The van der Waals surface area contributed by atoms with Crippen molar-refractivity contribution in [3.8, 4) is 11.9 Å². The molecule has 0 unspecified atom stereocenters. The van der Waals surface area contributed by atoms with Gasteiger partial charge in [0, 0.05) is 6.20 Å². The lowest BCUT2D eigenvalue weighted by molar-refractivity contribution is 0.320. The van der Waals surface area contributed by atoms with Gasteiger partial charge in [0.2, 0.25) is 5.88 Å². The van der Waals surface area contributed by atoms with Gasteiger partial charge in [0.25, 0.3) is 0 Å². The summed E-state index contributed by atoms with van der Waals surface area (Å²) in [5, 5.41) is 12.1. The number of nitriles is 1. The number of ether oxygens (including phenoxy) is 1. The Labute approximate surface area is 115 Å². The van der Waals surface area contributed by atoms with Gasteiger partial charge in [-0.2, -0.15) is 5.26 Å². The Morgan fingerprint density at radius 3 is 2.89 bits per heavy atom. The largest absolute Gasteiger partial charge is 0.475 e. The zero-order chi connectivity index (χ0) is 13.5. The summed E-state index contributed by atoms with van der Waals surface area (Å²) in [6.45, 7) is 0.909. The highest BCUT2D eigenvalue weighted by Gasteiger charge is 2.01. The molecule has 0 amide bonds. The zero-order valence-corrected chi connectivity index (χ0v) is 10.6. The molecule has 0 saturated carbocycles. The fraction of sp³-hybridized carbons (Fsp3) is 0.167. The van der Waals surface area contributed by atoms with Crippen molar-refractivity contribution in [1.82, 2.24) is 15.0 Å². The molecule has 6 nitrogen and oxygen atoms in total. The van der Waals surface area contributed by atoms with Gasteiger partial charge in [-0.15, -0.1) is 0 Å². The molecule has 7 heteroatoms. The molecule has 0 atom stereocenters. The second-order valence-corrected chi connectivity index (χ2v) is 3.87. The fourth-order valence-electron chi connectivity index (χ4n) is 1.28. The van der Waals surface area contributed by atoms with Gasteiger partial charge in [-0.05, 0) is 12.1 Å². The number of hydrogen-bond acceptors (Lipinski definition) is 6. The summed E-state index contributed by atoms with van der Waals surface area (Å²) in [7, 11) is 0. The molecule has 2 aromatic heterocycles. The van der Waals surface area contributed by atoms with Crippen LogP contribution in [0.1, 0.15) is 5.69 Å². The lowest BCUT2D eigenvalue weighted by Crippen LogP contribution is -2.13. The third-order valence-electron chi connectivity index (χ3n) is 2.14. The van der Waals surface area contributed by atoms with E-state index < -0.39 is 0 Å². The van der Waals surface area contributed by atoms with Crippen LogP contribution in [-0.4, -0.2) is 28.1 Å². The quantitative estimate of drug-likeness (QED) is 0.839. The first kappa shape index (κ1) is 13.1. The Kier molecular flexibility index (Phi) is 4.48. The van der Waals surface area contributed by atoms with E-state index in [2.05, 4.69) is 20.3 Å². The van der Waals surface area contributed by atoms with E-state index in [9.17, 15) is 0 Å². The lowest BCUT2D eigenvalue weighted by atomic mass is 10.5. The highest BCUT2D eigenvalue weighted by molar-refractivity contribution is 6.31. The third kappa shape index (κ3) is 3.79. The van der Waals surface area contributed by atoms with Crippen molar-refractivity contribution in [2.45, 2.75) is 0 Å². The van der Waals surface area contributed by atoms with E-state index in [4.69, 9.17) is 21.6 Å². The van der Waals surface area contributed by atoms with Gasteiger partial charge in [-0.1, -0.05) is 11.6 Å². The number of hydrogen-bond donors (Lipinski definition) is 1. The van der Waals surface area contributed by atoms with Crippen LogP contribution in [0.4, 0.5) is 5.82 Å². The van der Waals surface area contributed by atoms with Gasteiger partial charge in [-0.25, -0.2) is 15.0 Å². The van der Waals surface area contributed by atoms with E-state index in [-0.39, 0.29) is 5.69 Å². The Balaban J connectivity index is 1.78. The van der Waals surface area contributed by atoms with Crippen molar-refractivity contribution < 1.29 is 4.74 Å². The molecule has 0 bridgehead atoms. The maximum atomic E-state index is 8.58. The van der Waals surface area contributed by atoms with Crippen LogP contribution in [-0.2, 0) is 0 Å². The molecule has 0 aliphatic heterocycles. The molecule has 2 aromatic rings. The molecule has 0 spiro atoms. The lowest BCUT2D eigenvalue weighted by Gasteiger charge is -2.07. The average Bonchev–Trinajstić information content (AvgIpc) is 2.46. The molecule has 0 saturated heterocycles. The molecule has 1 N–H and O–H groups in total. The first-order chi connectivity index (χ1) is 9.29. The van der Waals surface area contributed by atoms with Gasteiger partial charge in [-0.3, -0.25) is 0 Å². The van der Waals surface area contributed by atoms with Crippen LogP contribution in [0.15, 0.2) is 30.7 Å². The maximum absolute atomic E-state index is 8.58. The smallest absolute Gasteiger partial charge is 0.232 e. The minimum atomic E-state index is 0.280. The van der Waals surface area contributed by atoms with Gasteiger partial charge < -0.3 is 10.1 Å². The van der Waals surface area contributed by atoms with Crippen LogP contribution in [0.25, 0.3) is 0 Å². The molecule has 0 fully saturated rings. The summed E-state index contributed by atoms with van der Waals surface area (Å²) in [6.07, 6.45) is 4.51. The summed E-state index contributed by atoms with van der Waals surface area (Å²) < 4.78 is 5.40. The molecule has 96 valence electrons. The van der Waals surface area contributed by atoms with Crippen molar-refractivity contribution in [1.29, 1.82) is 5.26 Å².